The van der Waals surface area contributed by atoms with Crippen LogP contribution in [0.25, 0.3) is 0 Å². The summed E-state index contributed by atoms with van der Waals surface area (Å²) in [6.07, 6.45) is -5.24. The largest absolute Gasteiger partial charge is 0.429 e. The number of nitrogens with zero attached hydrogens (tertiary/aromatic N) is 2. The topological polar surface area (TPSA) is 124 Å². The summed E-state index contributed by atoms with van der Waals surface area (Å²) in [5.41, 5.74) is -4.04. The molecule has 198 valence electrons. The Morgan fingerprint density at radius 2 is 1.94 bits per heavy atom. The van der Waals surface area contributed by atoms with E-state index in [0.717, 1.165) is 18.3 Å². The van der Waals surface area contributed by atoms with Gasteiger partial charge in [0.2, 0.25) is 11.7 Å². The number of methoxy groups -OCH3 is 1. The Bertz CT molecular complexity index is 1260. The summed E-state index contributed by atoms with van der Waals surface area (Å²) in [7, 11) is -3.60. The van der Waals surface area contributed by atoms with Crippen molar-refractivity contribution in [2.75, 3.05) is 23.9 Å². The van der Waals surface area contributed by atoms with Crippen LogP contribution in [-0.4, -0.2) is 57.4 Å². The number of carbonyl (C=O) groups is 1. The highest BCUT2D eigenvalue weighted by Crippen LogP contribution is 2.47. The summed E-state index contributed by atoms with van der Waals surface area (Å²) in [5.74, 6) is -6.16. The molecular weight excluding hydrogens is 529 g/mol. The van der Waals surface area contributed by atoms with E-state index in [0.29, 0.717) is 24.1 Å². The molecule has 2 aromatic rings. The smallest absolute Gasteiger partial charge is 0.419 e. The van der Waals surface area contributed by atoms with Gasteiger partial charge in [-0.2, -0.15) is 26.3 Å². The molecule has 1 amide bonds. The number of carbonyl (C=O) groups excluding carboxylic acids is 1. The van der Waals surface area contributed by atoms with Gasteiger partial charge in [0.05, 0.1) is 12.2 Å². The van der Waals surface area contributed by atoms with Crippen LogP contribution in [0.4, 0.5) is 42.1 Å². The SMILES string of the molecule is CO[C@@]1(C(F)(F)F)C[C@@H](C(=O)Nc2ccnc(S(N)(=O)=O)c2)N(c2ccc(F)c(F)c2OC(F)F)C1. The fraction of sp³-hybridized carbons (Fsp3) is 0.368. The average molecular weight is 546 g/mol. The highest BCUT2D eigenvalue weighted by atomic mass is 32.2. The molecular formula is C19H17F7N4O5S. The van der Waals surface area contributed by atoms with Gasteiger partial charge in [-0.3, -0.25) is 4.79 Å². The van der Waals surface area contributed by atoms with Gasteiger partial charge in [0.15, 0.2) is 22.2 Å². The molecule has 0 saturated carbocycles. The van der Waals surface area contributed by atoms with Gasteiger partial charge in [-0.05, 0) is 18.2 Å². The predicted octanol–water partition coefficient (Wildman–Crippen LogP) is 2.77. The number of anilines is 2. The number of rotatable bonds is 7. The normalized spacial score (nSPS) is 20.6. The van der Waals surface area contributed by atoms with Gasteiger partial charge < -0.3 is 19.7 Å². The fourth-order valence-corrected chi connectivity index (χ4v) is 4.15. The first-order valence-electron chi connectivity index (χ1n) is 9.70. The molecule has 0 bridgehead atoms. The van der Waals surface area contributed by atoms with E-state index < -0.39 is 81.4 Å². The number of nitrogens with two attached hydrogens (primary N) is 1. The summed E-state index contributed by atoms with van der Waals surface area (Å²) in [4.78, 5) is 17.1. The molecule has 2 heterocycles. The number of halogens is 7. The average Bonchev–Trinajstić information content (AvgIpc) is 3.18. The first-order chi connectivity index (χ1) is 16.6. The monoisotopic (exact) mass is 546 g/mol. The van der Waals surface area contributed by atoms with E-state index >= 15 is 0 Å². The highest BCUT2D eigenvalue weighted by Gasteiger charge is 2.63. The van der Waals surface area contributed by atoms with Gasteiger partial charge in [0, 0.05) is 31.5 Å². The van der Waals surface area contributed by atoms with E-state index in [2.05, 4.69) is 19.8 Å². The van der Waals surface area contributed by atoms with Crippen molar-refractivity contribution in [2.24, 2.45) is 5.14 Å². The van der Waals surface area contributed by atoms with E-state index in [9.17, 15) is 43.9 Å². The lowest BCUT2D eigenvalue weighted by molar-refractivity contribution is -0.261. The Balaban J connectivity index is 2.09. The molecule has 1 saturated heterocycles. The number of nitrogens with one attached hydrogen (secondary N) is 1. The van der Waals surface area contributed by atoms with Crippen molar-refractivity contribution in [1.29, 1.82) is 0 Å². The molecule has 0 aliphatic carbocycles. The maximum atomic E-state index is 14.3. The third-order valence-corrected chi connectivity index (χ3v) is 6.18. The first kappa shape index (κ1) is 27.4. The van der Waals surface area contributed by atoms with Crippen molar-refractivity contribution in [3.8, 4) is 5.75 Å². The molecule has 1 aromatic carbocycles. The van der Waals surface area contributed by atoms with Crippen molar-refractivity contribution in [1.82, 2.24) is 4.98 Å². The van der Waals surface area contributed by atoms with Crippen molar-refractivity contribution in [2.45, 2.75) is 35.9 Å². The van der Waals surface area contributed by atoms with Gasteiger partial charge in [-0.15, -0.1) is 0 Å². The standard InChI is InChI=1S/C19H17F7N4O5S/c1-34-18(19(24,25)26)7-12(16(31)29-9-4-5-28-13(6-9)36(27,32)33)30(8-18)11-3-2-10(20)14(21)15(11)35-17(22)23/h2-6,12,17H,7-8H2,1H3,(H2,27,32,33)(H,28,29,31)/t12-,18-/m0/s1. The second kappa shape index (κ2) is 9.70. The minimum atomic E-state index is -5.09. The van der Waals surface area contributed by atoms with E-state index in [-0.39, 0.29) is 5.69 Å². The maximum absolute atomic E-state index is 14.3. The van der Waals surface area contributed by atoms with Crippen LogP contribution in [0.15, 0.2) is 35.5 Å². The number of hydrogen-bond acceptors (Lipinski definition) is 7. The Hall–Kier alpha value is -3.18. The number of pyridine rings is 1. The number of alkyl halides is 5. The molecule has 1 aliphatic heterocycles. The molecule has 0 unspecified atom stereocenters. The third-order valence-electron chi connectivity index (χ3n) is 5.37. The Labute approximate surface area is 199 Å². The summed E-state index contributed by atoms with van der Waals surface area (Å²) in [6.45, 7) is -4.87. The molecule has 1 aromatic heterocycles. The van der Waals surface area contributed by atoms with Gasteiger partial charge in [0.25, 0.3) is 10.0 Å². The number of aromatic nitrogens is 1. The van der Waals surface area contributed by atoms with Crippen LogP contribution in [0.1, 0.15) is 6.42 Å². The lowest BCUT2D eigenvalue weighted by Crippen LogP contribution is -2.49. The zero-order valence-electron chi connectivity index (χ0n) is 18.0. The van der Waals surface area contributed by atoms with Crippen molar-refractivity contribution in [3.05, 3.63) is 42.1 Å². The van der Waals surface area contributed by atoms with Gasteiger partial charge in [0.1, 0.15) is 6.04 Å². The lowest BCUT2D eigenvalue weighted by atomic mass is 9.99. The van der Waals surface area contributed by atoms with Crippen molar-refractivity contribution >= 4 is 27.3 Å². The molecule has 0 spiro atoms. The number of hydrogen-bond donors (Lipinski definition) is 2. The van der Waals surface area contributed by atoms with Gasteiger partial charge in [-0.1, -0.05) is 0 Å². The van der Waals surface area contributed by atoms with Gasteiger partial charge >= 0.3 is 12.8 Å². The quantitative estimate of drug-likeness (QED) is 0.512. The molecule has 1 fully saturated rings. The van der Waals surface area contributed by atoms with E-state index in [1.165, 1.54) is 0 Å². The Morgan fingerprint density at radius 1 is 1.28 bits per heavy atom. The van der Waals surface area contributed by atoms with Crippen molar-refractivity contribution in [3.63, 3.8) is 0 Å². The highest BCUT2D eigenvalue weighted by molar-refractivity contribution is 7.89. The molecule has 3 N–H and O–H groups in total. The Kier molecular flexibility index (Phi) is 7.39. The second-order valence-electron chi connectivity index (χ2n) is 7.55. The van der Waals surface area contributed by atoms with Crippen molar-refractivity contribution < 1.29 is 53.4 Å². The van der Waals surface area contributed by atoms with Crippen LogP contribution >= 0.6 is 0 Å². The number of amides is 1. The van der Waals surface area contributed by atoms with E-state index in [1.54, 1.807) is 0 Å². The molecule has 17 heteroatoms. The third kappa shape index (κ3) is 5.31. The van der Waals surface area contributed by atoms with E-state index in [4.69, 9.17) is 5.14 Å². The summed E-state index contributed by atoms with van der Waals surface area (Å²) in [6, 6.07) is 1.19. The van der Waals surface area contributed by atoms with Crippen LogP contribution in [0.5, 0.6) is 5.75 Å². The molecule has 2 atom stereocenters. The lowest BCUT2D eigenvalue weighted by Gasteiger charge is -2.31. The number of ether oxygens (including phenoxy) is 2. The zero-order chi connectivity index (χ0) is 27.1. The molecule has 0 radical (unpaired) electrons. The number of primary sulfonamides is 1. The summed E-state index contributed by atoms with van der Waals surface area (Å²) >= 11 is 0. The van der Waals surface area contributed by atoms with Crippen LogP contribution in [0, 0.1) is 11.6 Å². The second-order valence-corrected chi connectivity index (χ2v) is 9.06. The van der Waals surface area contributed by atoms with Crippen LogP contribution in [0.3, 0.4) is 0 Å². The first-order valence-corrected chi connectivity index (χ1v) is 11.3. The molecule has 36 heavy (non-hydrogen) atoms. The van der Waals surface area contributed by atoms with Crippen LogP contribution in [0.2, 0.25) is 0 Å². The molecule has 3 rings (SSSR count). The predicted molar refractivity (Wildman–Crippen MR) is 109 cm³/mol. The number of benzene rings is 1. The summed E-state index contributed by atoms with van der Waals surface area (Å²) < 4.78 is 127. The number of sulfonamides is 1. The van der Waals surface area contributed by atoms with E-state index in [1.807, 2.05) is 0 Å². The van der Waals surface area contributed by atoms with Gasteiger partial charge in [-0.25, -0.2) is 22.9 Å². The molecule has 9 nitrogen and oxygen atoms in total. The van der Waals surface area contributed by atoms with Crippen LogP contribution in [-0.2, 0) is 19.6 Å². The zero-order valence-corrected chi connectivity index (χ0v) is 18.8. The fourth-order valence-electron chi connectivity index (χ4n) is 3.65. The van der Waals surface area contributed by atoms with Crippen LogP contribution < -0.4 is 20.1 Å². The molecule has 1 aliphatic rings. The maximum Gasteiger partial charge on any atom is 0.419 e. The summed E-state index contributed by atoms with van der Waals surface area (Å²) in [5, 5.41) is 6.47. The minimum Gasteiger partial charge on any atom is -0.429 e. The minimum absolute atomic E-state index is 0.241. The Morgan fingerprint density at radius 3 is 2.50 bits per heavy atom.